The van der Waals surface area contributed by atoms with Gasteiger partial charge in [-0.05, 0) is 30.7 Å². The highest BCUT2D eigenvalue weighted by atomic mass is 15.1. The van der Waals surface area contributed by atoms with Gasteiger partial charge in [-0.3, -0.25) is 0 Å². The van der Waals surface area contributed by atoms with Crippen molar-refractivity contribution < 1.29 is 0 Å². The van der Waals surface area contributed by atoms with Crippen molar-refractivity contribution in [2.75, 3.05) is 0 Å². The lowest BCUT2D eigenvalue weighted by Gasteiger charge is -2.29. The van der Waals surface area contributed by atoms with E-state index in [0.29, 0.717) is 12.0 Å². The molecule has 0 amide bonds. The quantitative estimate of drug-likeness (QED) is 0.112. The topological polar surface area (TPSA) is 17.8 Å². The van der Waals surface area contributed by atoms with Gasteiger partial charge in [0.05, 0.1) is 6.33 Å². The molecule has 2 unspecified atom stereocenters. The lowest BCUT2D eigenvalue weighted by atomic mass is 9.84. The van der Waals surface area contributed by atoms with Crippen LogP contribution in [-0.4, -0.2) is 9.55 Å². The molecule has 1 aromatic heterocycles. The molecule has 0 radical (unpaired) electrons. The Morgan fingerprint density at radius 2 is 1.05 bits per heavy atom. The third kappa shape index (κ3) is 15.7. The minimum atomic E-state index is 0.574. The van der Waals surface area contributed by atoms with E-state index in [-0.39, 0.29) is 0 Å². The molecule has 0 N–H and O–H groups in total. The molecular weight excluding hydrogens is 460 g/mol. The normalized spacial score (nSPS) is 13.1. The van der Waals surface area contributed by atoms with Gasteiger partial charge in [0, 0.05) is 18.4 Å². The molecule has 38 heavy (non-hydrogen) atoms. The average molecular weight is 523 g/mol. The van der Waals surface area contributed by atoms with E-state index < -0.39 is 0 Å². The number of hydrogen-bond acceptors (Lipinski definition) is 1. The first-order chi connectivity index (χ1) is 18.8. The lowest BCUT2D eigenvalue weighted by Crippen LogP contribution is -2.21. The molecule has 2 heteroatoms. The van der Waals surface area contributed by atoms with Crippen molar-refractivity contribution in [2.24, 2.45) is 5.92 Å². The number of aromatic nitrogens is 2. The highest BCUT2D eigenvalue weighted by molar-refractivity contribution is 5.15. The van der Waals surface area contributed by atoms with E-state index in [9.17, 15) is 0 Å². The molecule has 0 saturated heterocycles. The summed E-state index contributed by atoms with van der Waals surface area (Å²) in [4.78, 5) is 4.41. The summed E-state index contributed by atoms with van der Waals surface area (Å²) in [5, 5.41) is 0. The van der Waals surface area contributed by atoms with Crippen LogP contribution in [-0.2, 0) is 6.42 Å². The fourth-order valence-electron chi connectivity index (χ4n) is 6.18. The molecule has 0 fully saturated rings. The Hall–Kier alpha value is -1.57. The van der Waals surface area contributed by atoms with Crippen LogP contribution in [0.15, 0.2) is 49.1 Å². The fraction of sp³-hybridized carbons (Fsp3) is 0.750. The minimum Gasteiger partial charge on any atom is -0.334 e. The molecule has 0 saturated carbocycles. The van der Waals surface area contributed by atoms with Crippen molar-refractivity contribution in [3.63, 3.8) is 0 Å². The molecule has 0 aliphatic heterocycles. The Kier molecular flexibility index (Phi) is 20.0. The van der Waals surface area contributed by atoms with Gasteiger partial charge in [-0.25, -0.2) is 4.98 Å². The van der Waals surface area contributed by atoms with E-state index in [1.165, 1.54) is 153 Å². The molecule has 2 nitrogen and oxygen atoms in total. The van der Waals surface area contributed by atoms with Crippen LogP contribution in [0.1, 0.15) is 167 Å². The summed E-state index contributed by atoms with van der Waals surface area (Å²) in [6.07, 6.45) is 38.5. The second-order valence-corrected chi connectivity index (χ2v) is 12.0. The Balaban J connectivity index is 1.59. The maximum atomic E-state index is 4.41. The highest BCUT2D eigenvalue weighted by Crippen LogP contribution is 2.32. The Morgan fingerprint density at radius 3 is 1.55 bits per heavy atom. The average Bonchev–Trinajstić information content (AvgIpc) is 3.48. The van der Waals surface area contributed by atoms with Crippen LogP contribution < -0.4 is 0 Å². The van der Waals surface area contributed by atoms with Crippen LogP contribution in [0, 0.1) is 5.92 Å². The first kappa shape index (κ1) is 32.6. The third-order valence-corrected chi connectivity index (χ3v) is 8.57. The summed E-state index contributed by atoms with van der Waals surface area (Å²) < 4.78 is 2.41. The predicted octanol–water partition coefficient (Wildman–Crippen LogP) is 11.9. The zero-order valence-corrected chi connectivity index (χ0v) is 25.4. The van der Waals surface area contributed by atoms with Crippen molar-refractivity contribution in [1.82, 2.24) is 9.55 Å². The van der Waals surface area contributed by atoms with Crippen molar-refractivity contribution in [3.8, 4) is 0 Å². The standard InChI is InChI=1S/C36H62N2/c1-3-5-7-8-9-10-11-12-13-14-15-16-17-18-19-20-25-28-35(32-34-26-23-21-24-27-34)36(29-22-6-4-2)38-31-30-37-33-38/h21,23-24,26-27,30-31,33,35-36H,3-20,22,25,28-29,32H2,1-2H3. The molecule has 0 aliphatic rings. The van der Waals surface area contributed by atoms with Crippen LogP contribution >= 0.6 is 0 Å². The summed E-state index contributed by atoms with van der Waals surface area (Å²) in [6, 6.07) is 11.8. The van der Waals surface area contributed by atoms with Gasteiger partial charge in [-0.2, -0.15) is 0 Å². The van der Waals surface area contributed by atoms with Gasteiger partial charge in [-0.1, -0.05) is 173 Å². The summed E-state index contributed by atoms with van der Waals surface area (Å²) in [5.74, 6) is 0.694. The predicted molar refractivity (Wildman–Crippen MR) is 168 cm³/mol. The van der Waals surface area contributed by atoms with Crippen LogP contribution in [0.2, 0.25) is 0 Å². The maximum absolute atomic E-state index is 4.41. The molecule has 1 aromatic carbocycles. The van der Waals surface area contributed by atoms with Gasteiger partial charge in [0.1, 0.15) is 0 Å². The Morgan fingerprint density at radius 1 is 0.579 bits per heavy atom. The first-order valence-electron chi connectivity index (χ1n) is 16.9. The van der Waals surface area contributed by atoms with E-state index in [4.69, 9.17) is 0 Å². The second kappa shape index (κ2) is 23.3. The molecule has 2 rings (SSSR count). The van der Waals surface area contributed by atoms with Gasteiger partial charge < -0.3 is 4.57 Å². The molecule has 1 heterocycles. The van der Waals surface area contributed by atoms with Gasteiger partial charge in [-0.15, -0.1) is 0 Å². The van der Waals surface area contributed by atoms with Crippen molar-refractivity contribution in [2.45, 2.75) is 168 Å². The summed E-state index contributed by atoms with van der Waals surface area (Å²) >= 11 is 0. The van der Waals surface area contributed by atoms with E-state index >= 15 is 0 Å². The summed E-state index contributed by atoms with van der Waals surface area (Å²) in [6.45, 7) is 4.61. The van der Waals surface area contributed by atoms with Crippen LogP contribution in [0.3, 0.4) is 0 Å². The van der Waals surface area contributed by atoms with Crippen LogP contribution in [0.4, 0.5) is 0 Å². The van der Waals surface area contributed by atoms with Gasteiger partial charge >= 0.3 is 0 Å². The molecule has 0 bridgehead atoms. The zero-order chi connectivity index (χ0) is 26.9. The number of imidazole rings is 1. The molecule has 2 atom stereocenters. The Labute approximate surface area is 237 Å². The molecule has 0 spiro atoms. The largest absolute Gasteiger partial charge is 0.334 e. The van der Waals surface area contributed by atoms with Crippen molar-refractivity contribution >= 4 is 0 Å². The van der Waals surface area contributed by atoms with E-state index in [1.807, 2.05) is 6.20 Å². The van der Waals surface area contributed by atoms with Gasteiger partial charge in [0.2, 0.25) is 0 Å². The monoisotopic (exact) mass is 522 g/mol. The number of rotatable bonds is 26. The van der Waals surface area contributed by atoms with Crippen LogP contribution in [0.25, 0.3) is 0 Å². The molecule has 0 aliphatic carbocycles. The number of hydrogen-bond donors (Lipinski definition) is 0. The van der Waals surface area contributed by atoms with Gasteiger partial charge in [0.15, 0.2) is 0 Å². The van der Waals surface area contributed by atoms with E-state index in [0.717, 1.165) is 0 Å². The first-order valence-corrected chi connectivity index (χ1v) is 16.9. The molecule has 2 aromatic rings. The van der Waals surface area contributed by atoms with Crippen LogP contribution in [0.5, 0.6) is 0 Å². The Bertz CT molecular complexity index is 723. The number of nitrogens with zero attached hydrogens (tertiary/aromatic N) is 2. The SMILES string of the molecule is CCCCCCCCCCCCCCCCCCCC(Cc1ccccc1)C(CCCCC)n1ccnc1. The smallest absolute Gasteiger partial charge is 0.0948 e. The summed E-state index contributed by atoms with van der Waals surface area (Å²) in [7, 11) is 0. The maximum Gasteiger partial charge on any atom is 0.0948 e. The number of benzene rings is 1. The summed E-state index contributed by atoms with van der Waals surface area (Å²) in [5.41, 5.74) is 1.49. The zero-order valence-electron chi connectivity index (χ0n) is 25.4. The van der Waals surface area contributed by atoms with E-state index in [2.05, 4.69) is 66.3 Å². The van der Waals surface area contributed by atoms with Gasteiger partial charge in [0.25, 0.3) is 0 Å². The lowest BCUT2D eigenvalue weighted by molar-refractivity contribution is 0.276. The fourth-order valence-corrected chi connectivity index (χ4v) is 6.18. The minimum absolute atomic E-state index is 0.574. The van der Waals surface area contributed by atoms with Crippen molar-refractivity contribution in [1.29, 1.82) is 0 Å². The van der Waals surface area contributed by atoms with Crippen molar-refractivity contribution in [3.05, 3.63) is 54.6 Å². The van der Waals surface area contributed by atoms with E-state index in [1.54, 1.807) is 0 Å². The molecule has 216 valence electrons. The molecular formula is C36H62N2. The third-order valence-electron chi connectivity index (χ3n) is 8.57. The second-order valence-electron chi connectivity index (χ2n) is 12.0. The highest BCUT2D eigenvalue weighted by Gasteiger charge is 2.22. The number of unbranched alkanes of at least 4 members (excludes halogenated alkanes) is 18.